The van der Waals surface area contributed by atoms with Crippen molar-refractivity contribution in [3.05, 3.63) is 83.2 Å². The molecule has 1 aromatic heterocycles. The molecule has 1 atom stereocenters. The van der Waals surface area contributed by atoms with Crippen LogP contribution in [0.15, 0.2) is 60.9 Å². The number of nitrogens with zero attached hydrogens (tertiary/aromatic N) is 1. The van der Waals surface area contributed by atoms with Crippen LogP contribution in [0.3, 0.4) is 0 Å². The highest BCUT2D eigenvalue weighted by Crippen LogP contribution is 2.39. The van der Waals surface area contributed by atoms with Gasteiger partial charge in [0.25, 0.3) is 0 Å². The van der Waals surface area contributed by atoms with Crippen molar-refractivity contribution < 1.29 is 23.8 Å². The van der Waals surface area contributed by atoms with Crippen molar-refractivity contribution in [1.29, 1.82) is 0 Å². The van der Waals surface area contributed by atoms with Gasteiger partial charge in [-0.2, -0.15) is 0 Å². The van der Waals surface area contributed by atoms with Gasteiger partial charge in [-0.25, -0.2) is 0 Å². The quantitative estimate of drug-likeness (QED) is 0.675. The lowest BCUT2D eigenvalue weighted by Gasteiger charge is -2.26. The van der Waals surface area contributed by atoms with Gasteiger partial charge in [-0.05, 0) is 35.9 Å². The predicted octanol–water partition coefficient (Wildman–Crippen LogP) is 3.47. The van der Waals surface area contributed by atoms with Crippen molar-refractivity contribution in [3.63, 3.8) is 0 Å². The minimum Gasteiger partial charge on any atom is -0.495 e. The zero-order valence-electron chi connectivity index (χ0n) is 16.3. The molecule has 2 N–H and O–H groups in total. The average Bonchev–Trinajstić information content (AvgIpc) is 2.77. The summed E-state index contributed by atoms with van der Waals surface area (Å²) in [5.74, 6) is 1.14. The summed E-state index contributed by atoms with van der Waals surface area (Å²) in [7, 11) is 1.56. The van der Waals surface area contributed by atoms with Gasteiger partial charge in [0, 0.05) is 23.4 Å². The molecule has 0 spiro atoms. The Bertz CT molecular complexity index is 1100. The fourth-order valence-electron chi connectivity index (χ4n) is 3.33. The molecule has 1 amide bonds. The summed E-state index contributed by atoms with van der Waals surface area (Å²) in [6.45, 7) is 0.299. The highest BCUT2D eigenvalue weighted by atomic mass is 16.5. The van der Waals surface area contributed by atoms with E-state index < -0.39 is 12.0 Å². The van der Waals surface area contributed by atoms with E-state index >= 15 is 0 Å². The van der Waals surface area contributed by atoms with E-state index in [0.717, 1.165) is 11.1 Å². The molecule has 3 aromatic rings. The number of Topliss-reactive ketones (excluding diaryl/α,β-unsaturated/α-hetero) is 1. The summed E-state index contributed by atoms with van der Waals surface area (Å²) >= 11 is 0. The molecule has 0 radical (unpaired) electrons. The molecule has 7 nitrogen and oxygen atoms in total. The van der Waals surface area contributed by atoms with E-state index in [1.54, 1.807) is 68.0 Å². The van der Waals surface area contributed by atoms with Crippen LogP contribution in [-0.4, -0.2) is 23.8 Å². The van der Waals surface area contributed by atoms with Crippen LogP contribution in [0.4, 0.5) is 0 Å². The zero-order chi connectivity index (χ0) is 21.1. The number of pyridine rings is 1. The summed E-state index contributed by atoms with van der Waals surface area (Å²) in [5.41, 5.74) is 7.87. The van der Waals surface area contributed by atoms with Crippen molar-refractivity contribution in [2.24, 2.45) is 5.73 Å². The number of nitrogens with two attached hydrogens (primary N) is 1. The van der Waals surface area contributed by atoms with Gasteiger partial charge in [0.05, 0.1) is 25.3 Å². The normalized spacial score (nSPS) is 15.1. The number of carbonyl (C=O) groups excluding carboxylic acids is 2. The first-order valence-electron chi connectivity index (χ1n) is 9.38. The highest BCUT2D eigenvalue weighted by Gasteiger charge is 2.30. The topological polar surface area (TPSA) is 101 Å². The van der Waals surface area contributed by atoms with Crippen LogP contribution in [0.2, 0.25) is 0 Å². The summed E-state index contributed by atoms with van der Waals surface area (Å²) in [5, 5.41) is 0. The molecule has 0 aliphatic carbocycles. The Labute approximate surface area is 173 Å². The predicted molar refractivity (Wildman–Crippen MR) is 109 cm³/mol. The van der Waals surface area contributed by atoms with E-state index in [1.807, 2.05) is 0 Å². The standard InChI is InChI=1S/C23H20N2O5/c1-28-22-12-25-9-8-18(22)21-11-19(26)17-7-6-16(10-20(17)30-21)29-13-14-2-4-15(5-3-14)23(24)27/h2-10,12,21H,11,13H2,1H3,(H2,24,27). The summed E-state index contributed by atoms with van der Waals surface area (Å²) in [4.78, 5) is 27.8. The van der Waals surface area contributed by atoms with Crippen LogP contribution >= 0.6 is 0 Å². The van der Waals surface area contributed by atoms with Gasteiger partial charge in [0.2, 0.25) is 5.91 Å². The molecule has 7 heteroatoms. The Hall–Kier alpha value is -3.87. The second-order valence-corrected chi connectivity index (χ2v) is 6.86. The Morgan fingerprint density at radius 2 is 2.00 bits per heavy atom. The maximum Gasteiger partial charge on any atom is 0.248 e. The van der Waals surface area contributed by atoms with Crippen LogP contribution in [-0.2, 0) is 6.61 Å². The molecule has 1 aliphatic heterocycles. The minimum absolute atomic E-state index is 0.00583. The lowest BCUT2D eigenvalue weighted by molar-refractivity contribution is 0.0845. The van der Waals surface area contributed by atoms with Gasteiger partial charge in [0.1, 0.15) is 30.0 Å². The number of aromatic nitrogens is 1. The van der Waals surface area contributed by atoms with Gasteiger partial charge in [-0.1, -0.05) is 12.1 Å². The zero-order valence-corrected chi connectivity index (χ0v) is 16.3. The number of hydrogen-bond donors (Lipinski definition) is 1. The van der Waals surface area contributed by atoms with E-state index in [2.05, 4.69) is 4.98 Å². The molecule has 152 valence electrons. The minimum atomic E-state index is -0.473. The lowest BCUT2D eigenvalue weighted by atomic mass is 9.96. The fourth-order valence-corrected chi connectivity index (χ4v) is 3.33. The molecule has 0 fully saturated rings. The smallest absolute Gasteiger partial charge is 0.248 e. The van der Waals surface area contributed by atoms with Crippen molar-refractivity contribution in [3.8, 4) is 17.2 Å². The second-order valence-electron chi connectivity index (χ2n) is 6.86. The molecule has 0 saturated heterocycles. The maximum absolute atomic E-state index is 12.6. The van der Waals surface area contributed by atoms with Crippen LogP contribution in [0.1, 0.15) is 44.4 Å². The molecule has 2 aromatic carbocycles. The van der Waals surface area contributed by atoms with Gasteiger partial charge in [-0.3, -0.25) is 14.6 Å². The molecule has 1 aliphatic rings. The number of ether oxygens (including phenoxy) is 3. The number of rotatable bonds is 6. The SMILES string of the molecule is COc1cnccc1C1CC(=O)c2ccc(OCc3ccc(C(N)=O)cc3)cc2O1. The van der Waals surface area contributed by atoms with E-state index in [-0.39, 0.29) is 12.2 Å². The van der Waals surface area contributed by atoms with E-state index in [0.29, 0.717) is 35.0 Å². The lowest BCUT2D eigenvalue weighted by Crippen LogP contribution is -2.21. The summed E-state index contributed by atoms with van der Waals surface area (Å²) < 4.78 is 17.3. The van der Waals surface area contributed by atoms with Gasteiger partial charge in [-0.15, -0.1) is 0 Å². The number of amides is 1. The van der Waals surface area contributed by atoms with Crippen molar-refractivity contribution in [1.82, 2.24) is 4.98 Å². The first-order valence-corrected chi connectivity index (χ1v) is 9.38. The maximum atomic E-state index is 12.6. The van der Waals surface area contributed by atoms with Crippen molar-refractivity contribution in [2.75, 3.05) is 7.11 Å². The van der Waals surface area contributed by atoms with Crippen LogP contribution in [0, 0.1) is 0 Å². The van der Waals surface area contributed by atoms with Crippen LogP contribution < -0.4 is 19.9 Å². The number of hydrogen-bond acceptors (Lipinski definition) is 6. The van der Waals surface area contributed by atoms with Gasteiger partial charge >= 0.3 is 0 Å². The number of fused-ring (bicyclic) bond motifs is 1. The molecule has 1 unspecified atom stereocenters. The Morgan fingerprint density at radius 1 is 1.20 bits per heavy atom. The molecular formula is C23H20N2O5. The third kappa shape index (κ3) is 3.96. The van der Waals surface area contributed by atoms with Crippen LogP contribution in [0.25, 0.3) is 0 Å². The molecule has 30 heavy (non-hydrogen) atoms. The largest absolute Gasteiger partial charge is 0.495 e. The summed E-state index contributed by atoms with van der Waals surface area (Å²) in [6.07, 6.45) is 3.01. The Balaban J connectivity index is 1.51. The van der Waals surface area contributed by atoms with Crippen molar-refractivity contribution >= 4 is 11.7 Å². The monoisotopic (exact) mass is 404 g/mol. The Morgan fingerprint density at radius 3 is 2.73 bits per heavy atom. The van der Waals surface area contributed by atoms with Crippen LogP contribution in [0.5, 0.6) is 17.2 Å². The molecule has 0 bridgehead atoms. The Kier molecular flexibility index (Phi) is 5.34. The number of primary amides is 1. The van der Waals surface area contributed by atoms with Crippen molar-refractivity contribution in [2.45, 2.75) is 19.1 Å². The molecule has 2 heterocycles. The highest BCUT2D eigenvalue weighted by molar-refractivity contribution is 6.00. The number of methoxy groups -OCH3 is 1. The molecular weight excluding hydrogens is 384 g/mol. The van der Waals surface area contributed by atoms with E-state index in [1.165, 1.54) is 0 Å². The average molecular weight is 404 g/mol. The third-order valence-corrected chi connectivity index (χ3v) is 4.92. The number of carbonyl (C=O) groups is 2. The molecule has 4 rings (SSSR count). The van der Waals surface area contributed by atoms with E-state index in [9.17, 15) is 9.59 Å². The van der Waals surface area contributed by atoms with Gasteiger partial charge < -0.3 is 19.9 Å². The second kappa shape index (κ2) is 8.24. The van der Waals surface area contributed by atoms with Gasteiger partial charge in [0.15, 0.2) is 5.78 Å². The third-order valence-electron chi connectivity index (χ3n) is 4.92. The number of benzene rings is 2. The van der Waals surface area contributed by atoms with E-state index in [4.69, 9.17) is 19.9 Å². The summed E-state index contributed by atoms with van der Waals surface area (Å²) in [6, 6.07) is 13.8. The first-order chi connectivity index (χ1) is 14.5. The fraction of sp³-hybridized carbons (Fsp3) is 0.174. The first kappa shape index (κ1) is 19.4. The molecule has 0 saturated carbocycles. The number of ketones is 1.